The average molecular weight is 230 g/mol. The molecule has 0 aliphatic rings. The Labute approximate surface area is 92.7 Å². The molecule has 1 aromatic heterocycles. The Bertz CT molecular complexity index is 368. The molecule has 0 fully saturated rings. The van der Waals surface area contributed by atoms with Crippen molar-refractivity contribution in [3.63, 3.8) is 0 Å². The average Bonchev–Trinajstić information content (AvgIpc) is 2.46. The Kier molecular flexibility index (Phi) is 3.57. The van der Waals surface area contributed by atoms with Crippen LogP contribution in [0.3, 0.4) is 0 Å². The molecule has 1 heterocycles. The number of halogens is 1. The number of aryl methyl sites for hydroxylation is 1. The first-order valence-corrected chi connectivity index (χ1v) is 5.52. The van der Waals surface area contributed by atoms with Crippen LogP contribution in [-0.2, 0) is 6.54 Å². The molecule has 0 unspecified atom stereocenters. The Hall–Kier alpha value is -0.810. The van der Waals surface area contributed by atoms with Gasteiger partial charge in [0.25, 0.3) is 0 Å². The van der Waals surface area contributed by atoms with Crippen LogP contribution in [0.1, 0.15) is 34.2 Å². The van der Waals surface area contributed by atoms with Crippen molar-refractivity contribution in [2.45, 2.75) is 33.0 Å². The number of aromatic nitrogens is 1. The largest absolute Gasteiger partial charge is 0.315 e. The molecule has 1 aromatic rings. The second kappa shape index (κ2) is 4.37. The molecule has 0 bridgehead atoms. The Morgan fingerprint density at radius 3 is 2.67 bits per heavy atom. The van der Waals surface area contributed by atoms with Crippen molar-refractivity contribution in [3.8, 4) is 0 Å². The highest BCUT2D eigenvalue weighted by Crippen LogP contribution is 2.23. The van der Waals surface area contributed by atoms with E-state index >= 15 is 0 Å². The van der Waals surface area contributed by atoms with Gasteiger partial charge in [-0.3, -0.25) is 4.79 Å². The summed E-state index contributed by atoms with van der Waals surface area (Å²) in [4.78, 5) is 16.7. The van der Waals surface area contributed by atoms with Crippen LogP contribution in [0.2, 0.25) is 0 Å². The molecule has 1 N–H and O–H groups in total. The fourth-order valence-corrected chi connectivity index (χ4v) is 2.27. The molecule has 0 aliphatic carbocycles. The monoisotopic (exact) mass is 230 g/mol. The van der Waals surface area contributed by atoms with E-state index in [-0.39, 0.29) is 5.01 Å². The van der Waals surface area contributed by atoms with E-state index in [0.29, 0.717) is 6.54 Å². The van der Waals surface area contributed by atoms with Crippen molar-refractivity contribution in [2.75, 3.05) is 7.05 Å². The summed E-state index contributed by atoms with van der Waals surface area (Å²) in [7, 11) is 1.82. The van der Waals surface area contributed by atoms with Crippen LogP contribution in [0.4, 0.5) is 4.39 Å². The molecule has 0 saturated heterocycles. The third kappa shape index (κ3) is 2.82. The first-order chi connectivity index (χ1) is 6.86. The topological polar surface area (TPSA) is 42.0 Å². The summed E-state index contributed by atoms with van der Waals surface area (Å²) in [6, 6.07) is 0. The highest BCUT2D eigenvalue weighted by Gasteiger charge is 2.30. The van der Waals surface area contributed by atoms with Crippen LogP contribution in [0, 0.1) is 6.92 Å². The predicted octanol–water partition coefficient (Wildman–Crippen LogP) is 2.10. The predicted molar refractivity (Wildman–Crippen MR) is 59.1 cm³/mol. The third-order valence-electron chi connectivity index (χ3n) is 1.96. The van der Waals surface area contributed by atoms with Gasteiger partial charge in [0.05, 0.1) is 5.69 Å². The molecule has 5 heteroatoms. The number of carbonyl (C=O) groups excluding carboxylic acids is 1. The highest BCUT2D eigenvalue weighted by molar-refractivity contribution is 7.13. The number of hydrogen-bond donors (Lipinski definition) is 1. The molecule has 0 aliphatic heterocycles. The summed E-state index contributed by atoms with van der Waals surface area (Å²) in [5.74, 6) is -0.544. The van der Waals surface area contributed by atoms with Gasteiger partial charge in [0.2, 0.25) is 5.78 Å². The van der Waals surface area contributed by atoms with E-state index in [2.05, 4.69) is 10.3 Å². The number of Topliss-reactive ketones (excluding diaryl/α,β-unsaturated/α-hetero) is 1. The number of hydrogen-bond acceptors (Lipinski definition) is 4. The van der Waals surface area contributed by atoms with Crippen LogP contribution >= 0.6 is 11.3 Å². The van der Waals surface area contributed by atoms with E-state index < -0.39 is 11.5 Å². The summed E-state index contributed by atoms with van der Waals surface area (Å²) < 4.78 is 13.4. The first kappa shape index (κ1) is 12.3. The second-order valence-electron chi connectivity index (χ2n) is 3.86. The number of nitrogens with one attached hydrogen (secondary N) is 1. The minimum atomic E-state index is -1.85. The molecular weight excluding hydrogens is 215 g/mol. The fraction of sp³-hybridized carbons (Fsp3) is 0.600. The molecule has 3 nitrogen and oxygen atoms in total. The molecule has 0 spiro atoms. The molecule has 0 atom stereocenters. The van der Waals surface area contributed by atoms with Crippen molar-refractivity contribution >= 4 is 17.1 Å². The molecule has 1 rings (SSSR count). The summed E-state index contributed by atoms with van der Waals surface area (Å²) in [5.41, 5.74) is -1.05. The number of carbonyl (C=O) groups is 1. The van der Waals surface area contributed by atoms with Crippen molar-refractivity contribution in [1.82, 2.24) is 10.3 Å². The van der Waals surface area contributed by atoms with Gasteiger partial charge >= 0.3 is 0 Å². The zero-order chi connectivity index (χ0) is 11.6. The quantitative estimate of drug-likeness (QED) is 0.805. The molecule has 84 valence electrons. The van der Waals surface area contributed by atoms with Gasteiger partial charge in [0, 0.05) is 11.4 Å². The van der Waals surface area contributed by atoms with Crippen molar-refractivity contribution in [3.05, 3.63) is 15.6 Å². The lowest BCUT2D eigenvalue weighted by Gasteiger charge is -2.09. The van der Waals surface area contributed by atoms with Gasteiger partial charge < -0.3 is 5.32 Å². The maximum Gasteiger partial charge on any atom is 0.227 e. The van der Waals surface area contributed by atoms with Gasteiger partial charge in [-0.2, -0.15) is 0 Å². The summed E-state index contributed by atoms with van der Waals surface area (Å²) in [6.45, 7) is 4.99. The smallest absolute Gasteiger partial charge is 0.227 e. The number of alkyl halides is 1. The van der Waals surface area contributed by atoms with Gasteiger partial charge in [-0.05, 0) is 27.8 Å². The fourth-order valence-electron chi connectivity index (χ4n) is 1.10. The summed E-state index contributed by atoms with van der Waals surface area (Å²) >= 11 is 1.26. The molecule has 0 saturated carbocycles. The molecule has 0 radical (unpaired) electrons. The standard InChI is InChI=1S/C10H15FN2OS/c1-6-7(5-12-4)15-9(13-6)8(14)10(2,3)11/h12H,5H2,1-4H3. The Morgan fingerprint density at radius 2 is 2.20 bits per heavy atom. The first-order valence-electron chi connectivity index (χ1n) is 4.71. The van der Waals surface area contributed by atoms with Crippen molar-refractivity contribution in [1.29, 1.82) is 0 Å². The van der Waals surface area contributed by atoms with Gasteiger partial charge in [0.15, 0.2) is 10.7 Å². The second-order valence-corrected chi connectivity index (χ2v) is 4.94. The molecular formula is C10H15FN2OS. The lowest BCUT2D eigenvalue weighted by molar-refractivity contribution is 0.0759. The van der Waals surface area contributed by atoms with Crippen LogP contribution in [0.25, 0.3) is 0 Å². The van der Waals surface area contributed by atoms with Crippen molar-refractivity contribution < 1.29 is 9.18 Å². The van der Waals surface area contributed by atoms with Crippen LogP contribution in [0.15, 0.2) is 0 Å². The van der Waals surface area contributed by atoms with E-state index in [1.165, 1.54) is 25.2 Å². The van der Waals surface area contributed by atoms with E-state index in [1.807, 2.05) is 14.0 Å². The van der Waals surface area contributed by atoms with E-state index in [1.54, 1.807) is 0 Å². The van der Waals surface area contributed by atoms with Crippen LogP contribution in [-0.4, -0.2) is 23.5 Å². The molecule has 0 amide bonds. The Balaban J connectivity index is 2.97. The van der Waals surface area contributed by atoms with Gasteiger partial charge in [-0.15, -0.1) is 11.3 Å². The van der Waals surface area contributed by atoms with E-state index in [4.69, 9.17) is 0 Å². The Morgan fingerprint density at radius 1 is 1.60 bits per heavy atom. The summed E-state index contributed by atoms with van der Waals surface area (Å²) in [5, 5.41) is 3.24. The maximum absolute atomic E-state index is 13.4. The lowest BCUT2D eigenvalue weighted by atomic mass is 10.1. The lowest BCUT2D eigenvalue weighted by Crippen LogP contribution is -2.25. The highest BCUT2D eigenvalue weighted by atomic mass is 32.1. The number of rotatable bonds is 4. The zero-order valence-corrected chi connectivity index (χ0v) is 10.2. The maximum atomic E-state index is 13.4. The van der Waals surface area contributed by atoms with Crippen LogP contribution in [0.5, 0.6) is 0 Å². The number of nitrogens with zero attached hydrogens (tertiary/aromatic N) is 1. The van der Waals surface area contributed by atoms with Gasteiger partial charge in [-0.1, -0.05) is 0 Å². The third-order valence-corrected chi connectivity index (χ3v) is 3.12. The SMILES string of the molecule is CNCc1sc(C(=O)C(C)(C)F)nc1C. The van der Waals surface area contributed by atoms with Gasteiger partial charge in [-0.25, -0.2) is 9.37 Å². The minimum Gasteiger partial charge on any atom is -0.315 e. The molecule has 0 aromatic carbocycles. The minimum absolute atomic E-state index is 0.255. The normalized spacial score (nSPS) is 11.8. The zero-order valence-electron chi connectivity index (χ0n) is 9.35. The van der Waals surface area contributed by atoms with E-state index in [9.17, 15) is 9.18 Å². The number of thiazole rings is 1. The summed E-state index contributed by atoms with van der Waals surface area (Å²) in [6.07, 6.45) is 0. The van der Waals surface area contributed by atoms with Crippen molar-refractivity contribution in [2.24, 2.45) is 0 Å². The van der Waals surface area contributed by atoms with Crippen LogP contribution < -0.4 is 5.32 Å². The van der Waals surface area contributed by atoms with E-state index in [0.717, 1.165) is 10.6 Å². The molecule has 15 heavy (non-hydrogen) atoms. The number of ketones is 1. The van der Waals surface area contributed by atoms with Gasteiger partial charge in [0.1, 0.15) is 0 Å².